The molecule has 0 atom stereocenters. The maximum absolute atomic E-state index is 3.70. The number of rotatable bonds is 4. The van der Waals surface area contributed by atoms with Crippen LogP contribution in [0.2, 0.25) is 0 Å². The molecule has 1 N–H and O–H groups in total. The molecule has 0 aliphatic heterocycles. The van der Waals surface area contributed by atoms with Gasteiger partial charge in [-0.05, 0) is 65.6 Å². The average molecular weight is 316 g/mol. The van der Waals surface area contributed by atoms with Crippen LogP contribution >= 0.6 is 27.3 Å². The lowest BCUT2D eigenvalue weighted by Gasteiger charge is -2.31. The van der Waals surface area contributed by atoms with Crippen molar-refractivity contribution in [1.82, 2.24) is 5.32 Å². The molecule has 0 unspecified atom stereocenters. The summed E-state index contributed by atoms with van der Waals surface area (Å²) in [4.78, 5) is 1.43. The van der Waals surface area contributed by atoms with Crippen molar-refractivity contribution in [3.05, 3.63) is 20.8 Å². The Balaban J connectivity index is 1.71. The second-order valence-corrected chi connectivity index (χ2v) is 7.99. The maximum atomic E-state index is 3.70. The highest BCUT2D eigenvalue weighted by molar-refractivity contribution is 9.11. The molecule has 0 aromatic carbocycles. The smallest absolute Gasteiger partial charge is 0.0701 e. The van der Waals surface area contributed by atoms with E-state index in [0.29, 0.717) is 0 Å². The zero-order valence-corrected chi connectivity index (χ0v) is 13.1. The number of thiophene rings is 1. The third-order valence-electron chi connectivity index (χ3n) is 3.91. The first kappa shape index (κ1) is 13.6. The maximum Gasteiger partial charge on any atom is 0.0701 e. The minimum Gasteiger partial charge on any atom is -0.309 e. The molecule has 1 fully saturated rings. The van der Waals surface area contributed by atoms with Gasteiger partial charge < -0.3 is 5.32 Å². The molecule has 0 radical (unpaired) electrons. The molecule has 96 valence electrons. The van der Waals surface area contributed by atoms with E-state index in [4.69, 9.17) is 0 Å². The fourth-order valence-electron chi connectivity index (χ4n) is 2.68. The summed E-state index contributed by atoms with van der Waals surface area (Å²) in [7, 11) is 0. The van der Waals surface area contributed by atoms with Crippen molar-refractivity contribution in [3.8, 4) is 0 Å². The number of hydrogen-bond acceptors (Lipinski definition) is 2. The Morgan fingerprint density at radius 3 is 2.53 bits per heavy atom. The molecule has 1 aromatic heterocycles. The van der Waals surface area contributed by atoms with Crippen molar-refractivity contribution >= 4 is 27.3 Å². The van der Waals surface area contributed by atoms with E-state index in [1.54, 1.807) is 0 Å². The molecule has 0 spiro atoms. The van der Waals surface area contributed by atoms with Gasteiger partial charge in [0.1, 0.15) is 0 Å². The minimum absolute atomic E-state index is 0.742. The highest BCUT2D eigenvalue weighted by atomic mass is 79.9. The van der Waals surface area contributed by atoms with E-state index in [1.165, 1.54) is 34.3 Å². The Morgan fingerprint density at radius 2 is 2.00 bits per heavy atom. The van der Waals surface area contributed by atoms with Gasteiger partial charge in [-0.25, -0.2) is 0 Å². The third-order valence-corrected chi connectivity index (χ3v) is 5.53. The molecule has 3 heteroatoms. The molecule has 0 bridgehead atoms. The van der Waals surface area contributed by atoms with Crippen LogP contribution < -0.4 is 5.32 Å². The number of halogens is 1. The predicted molar refractivity (Wildman–Crippen MR) is 79.4 cm³/mol. The molecule has 1 aliphatic carbocycles. The van der Waals surface area contributed by atoms with E-state index in [9.17, 15) is 0 Å². The lowest BCUT2D eigenvalue weighted by molar-refractivity contribution is 0.238. The second-order valence-electron chi connectivity index (χ2n) is 5.44. The quantitative estimate of drug-likeness (QED) is 0.840. The standard InChI is InChI=1S/C14H22BrNS/c1-10(2)11-3-5-12(6-4-11)16-9-13-7-8-14(15)17-13/h7-8,10-12,16H,3-6,9H2,1-2H3. The summed E-state index contributed by atoms with van der Waals surface area (Å²) in [5.74, 6) is 1.83. The zero-order valence-electron chi connectivity index (χ0n) is 10.7. The summed E-state index contributed by atoms with van der Waals surface area (Å²) in [5.41, 5.74) is 0. The van der Waals surface area contributed by atoms with E-state index in [1.807, 2.05) is 11.3 Å². The van der Waals surface area contributed by atoms with Crippen LogP contribution in [-0.4, -0.2) is 6.04 Å². The Hall–Kier alpha value is 0.140. The molecule has 0 saturated heterocycles. The monoisotopic (exact) mass is 315 g/mol. The largest absolute Gasteiger partial charge is 0.309 e. The normalized spacial score (nSPS) is 25.4. The highest BCUT2D eigenvalue weighted by Gasteiger charge is 2.22. The summed E-state index contributed by atoms with van der Waals surface area (Å²) in [5, 5.41) is 3.70. The van der Waals surface area contributed by atoms with E-state index in [-0.39, 0.29) is 0 Å². The summed E-state index contributed by atoms with van der Waals surface area (Å²) in [6.45, 7) is 5.76. The molecule has 2 rings (SSSR count). The zero-order chi connectivity index (χ0) is 12.3. The van der Waals surface area contributed by atoms with Crippen LogP contribution in [0.25, 0.3) is 0 Å². The van der Waals surface area contributed by atoms with Crippen LogP contribution in [0.15, 0.2) is 15.9 Å². The fraction of sp³-hybridized carbons (Fsp3) is 0.714. The molecule has 17 heavy (non-hydrogen) atoms. The van der Waals surface area contributed by atoms with Gasteiger partial charge in [0.2, 0.25) is 0 Å². The van der Waals surface area contributed by atoms with Gasteiger partial charge in [-0.3, -0.25) is 0 Å². The molecule has 1 nitrogen and oxygen atoms in total. The highest BCUT2D eigenvalue weighted by Crippen LogP contribution is 2.30. The lowest BCUT2D eigenvalue weighted by Crippen LogP contribution is -2.33. The summed E-state index contributed by atoms with van der Waals surface area (Å²) >= 11 is 5.35. The van der Waals surface area contributed by atoms with Crippen LogP contribution in [0.3, 0.4) is 0 Å². The van der Waals surface area contributed by atoms with Gasteiger partial charge >= 0.3 is 0 Å². The Bertz CT molecular complexity index is 340. The van der Waals surface area contributed by atoms with Gasteiger partial charge in [-0.15, -0.1) is 11.3 Å². The van der Waals surface area contributed by atoms with Crippen LogP contribution in [0.1, 0.15) is 44.4 Å². The second kappa shape index (κ2) is 6.35. The average Bonchev–Trinajstić information content (AvgIpc) is 2.73. The first-order valence-electron chi connectivity index (χ1n) is 6.62. The van der Waals surface area contributed by atoms with E-state index in [0.717, 1.165) is 24.4 Å². The van der Waals surface area contributed by atoms with Crippen LogP contribution in [0.4, 0.5) is 0 Å². The van der Waals surface area contributed by atoms with Crippen LogP contribution in [0.5, 0.6) is 0 Å². The molecular formula is C14H22BrNS. The Labute approximate surface area is 117 Å². The van der Waals surface area contributed by atoms with Crippen molar-refractivity contribution in [2.75, 3.05) is 0 Å². The lowest BCUT2D eigenvalue weighted by atomic mass is 9.80. The molecule has 1 heterocycles. The SMILES string of the molecule is CC(C)C1CCC(NCc2ccc(Br)s2)CC1. The van der Waals surface area contributed by atoms with Crippen molar-refractivity contribution in [2.24, 2.45) is 11.8 Å². The summed E-state index contributed by atoms with van der Waals surface area (Å²) in [6, 6.07) is 5.09. The van der Waals surface area contributed by atoms with Crippen molar-refractivity contribution in [1.29, 1.82) is 0 Å². The van der Waals surface area contributed by atoms with Gasteiger partial charge in [-0.2, -0.15) is 0 Å². The van der Waals surface area contributed by atoms with Gasteiger partial charge in [0.05, 0.1) is 3.79 Å². The van der Waals surface area contributed by atoms with Crippen molar-refractivity contribution < 1.29 is 0 Å². The molecule has 0 amide bonds. The first-order chi connectivity index (χ1) is 8.15. The van der Waals surface area contributed by atoms with Gasteiger partial charge in [0, 0.05) is 17.5 Å². The van der Waals surface area contributed by atoms with Crippen LogP contribution in [0, 0.1) is 11.8 Å². The van der Waals surface area contributed by atoms with E-state index < -0.39 is 0 Å². The van der Waals surface area contributed by atoms with Crippen molar-refractivity contribution in [3.63, 3.8) is 0 Å². The van der Waals surface area contributed by atoms with Crippen LogP contribution in [-0.2, 0) is 6.54 Å². The Morgan fingerprint density at radius 1 is 1.29 bits per heavy atom. The van der Waals surface area contributed by atoms with Crippen molar-refractivity contribution in [2.45, 2.75) is 52.1 Å². The van der Waals surface area contributed by atoms with Gasteiger partial charge in [0.25, 0.3) is 0 Å². The summed E-state index contributed by atoms with van der Waals surface area (Å²) in [6.07, 6.45) is 5.53. The fourth-order valence-corrected chi connectivity index (χ4v) is 4.12. The topological polar surface area (TPSA) is 12.0 Å². The number of nitrogens with one attached hydrogen (secondary N) is 1. The van der Waals surface area contributed by atoms with Gasteiger partial charge in [-0.1, -0.05) is 13.8 Å². The summed E-state index contributed by atoms with van der Waals surface area (Å²) < 4.78 is 1.23. The molecule has 1 saturated carbocycles. The van der Waals surface area contributed by atoms with E-state index >= 15 is 0 Å². The predicted octanol–water partition coefficient (Wildman–Crippen LogP) is 4.82. The first-order valence-corrected chi connectivity index (χ1v) is 8.23. The molecule has 1 aliphatic rings. The molecule has 1 aromatic rings. The van der Waals surface area contributed by atoms with Gasteiger partial charge in [0.15, 0.2) is 0 Å². The molecular weight excluding hydrogens is 294 g/mol. The minimum atomic E-state index is 0.742. The number of hydrogen-bond donors (Lipinski definition) is 1. The Kier molecular flexibility index (Phi) is 5.07. The van der Waals surface area contributed by atoms with E-state index in [2.05, 4.69) is 47.2 Å². The third kappa shape index (κ3) is 4.08.